The molecule has 3 N–H and O–H groups in total. The van der Waals surface area contributed by atoms with Gasteiger partial charge in [0.1, 0.15) is 5.75 Å². The van der Waals surface area contributed by atoms with Gasteiger partial charge in [-0.1, -0.05) is 23.7 Å². The Hall–Kier alpha value is -2.00. The number of hydrogen-bond acceptors (Lipinski definition) is 3. The van der Waals surface area contributed by atoms with E-state index < -0.39 is 0 Å². The lowest BCUT2D eigenvalue weighted by atomic mass is 10.0. The van der Waals surface area contributed by atoms with Crippen LogP contribution in [-0.2, 0) is 6.42 Å². The predicted molar refractivity (Wildman–Crippen MR) is 72.0 cm³/mol. The molecule has 0 saturated heterocycles. The zero-order valence-corrected chi connectivity index (χ0v) is 10.3. The highest BCUT2D eigenvalue weighted by atomic mass is 35.5. The van der Waals surface area contributed by atoms with Gasteiger partial charge in [0.15, 0.2) is 5.78 Å². The summed E-state index contributed by atoms with van der Waals surface area (Å²) in [7, 11) is 0. The maximum absolute atomic E-state index is 12.1. The van der Waals surface area contributed by atoms with Crippen LogP contribution in [0.1, 0.15) is 15.9 Å². The molecule has 0 unspecified atom stereocenters. The first-order valence-corrected chi connectivity index (χ1v) is 5.80. The van der Waals surface area contributed by atoms with Gasteiger partial charge in [0.25, 0.3) is 0 Å². The number of hydrogen-bond donors (Lipinski definition) is 2. The number of ketones is 1. The van der Waals surface area contributed by atoms with Crippen molar-refractivity contribution < 1.29 is 9.90 Å². The van der Waals surface area contributed by atoms with Gasteiger partial charge in [0, 0.05) is 22.7 Å². The summed E-state index contributed by atoms with van der Waals surface area (Å²) in [6.45, 7) is 0. The SMILES string of the molecule is Nc1cc(Cl)ccc1C(=O)Cc1cccc(O)c1. The van der Waals surface area contributed by atoms with Crippen molar-refractivity contribution in [3.05, 3.63) is 58.6 Å². The van der Waals surface area contributed by atoms with E-state index in [1.54, 1.807) is 42.5 Å². The van der Waals surface area contributed by atoms with Crippen LogP contribution < -0.4 is 5.73 Å². The molecule has 2 aromatic carbocycles. The molecule has 0 fully saturated rings. The molecule has 0 amide bonds. The van der Waals surface area contributed by atoms with Gasteiger partial charge < -0.3 is 10.8 Å². The summed E-state index contributed by atoms with van der Waals surface area (Å²) in [5.74, 6) is 0.0409. The molecule has 4 heteroatoms. The van der Waals surface area contributed by atoms with Crippen LogP contribution >= 0.6 is 11.6 Å². The van der Waals surface area contributed by atoms with E-state index >= 15 is 0 Å². The van der Waals surface area contributed by atoms with Crippen molar-refractivity contribution in [2.75, 3.05) is 5.73 Å². The summed E-state index contributed by atoms with van der Waals surface area (Å²) >= 11 is 5.78. The Labute approximate surface area is 110 Å². The summed E-state index contributed by atoms with van der Waals surface area (Å²) < 4.78 is 0. The zero-order chi connectivity index (χ0) is 13.1. The molecule has 92 valence electrons. The predicted octanol–water partition coefficient (Wildman–Crippen LogP) is 3.05. The minimum Gasteiger partial charge on any atom is -0.508 e. The Balaban J connectivity index is 2.22. The van der Waals surface area contributed by atoms with Crippen LogP contribution in [0.2, 0.25) is 5.02 Å². The van der Waals surface area contributed by atoms with Gasteiger partial charge in [-0.15, -0.1) is 0 Å². The molecule has 0 aliphatic heterocycles. The van der Waals surface area contributed by atoms with Crippen LogP contribution in [0, 0.1) is 0 Å². The molecule has 0 aliphatic carbocycles. The molecular weight excluding hydrogens is 250 g/mol. The number of Topliss-reactive ketones (excluding diaryl/α,β-unsaturated/α-hetero) is 1. The number of halogens is 1. The van der Waals surface area contributed by atoms with E-state index in [-0.39, 0.29) is 18.0 Å². The van der Waals surface area contributed by atoms with Gasteiger partial charge in [0.2, 0.25) is 0 Å². The van der Waals surface area contributed by atoms with Gasteiger partial charge >= 0.3 is 0 Å². The lowest BCUT2D eigenvalue weighted by molar-refractivity contribution is 0.0994. The molecule has 18 heavy (non-hydrogen) atoms. The normalized spacial score (nSPS) is 10.3. The Morgan fingerprint density at radius 2 is 2.00 bits per heavy atom. The third-order valence-electron chi connectivity index (χ3n) is 2.59. The average Bonchev–Trinajstić information content (AvgIpc) is 2.28. The molecule has 0 heterocycles. The number of nitrogen functional groups attached to an aromatic ring is 1. The fourth-order valence-corrected chi connectivity index (χ4v) is 1.92. The van der Waals surface area contributed by atoms with Gasteiger partial charge in [0.05, 0.1) is 0 Å². The fraction of sp³-hybridized carbons (Fsp3) is 0.0714. The lowest BCUT2D eigenvalue weighted by Crippen LogP contribution is -2.06. The number of phenols is 1. The molecule has 0 bridgehead atoms. The van der Waals surface area contributed by atoms with Gasteiger partial charge in [-0.05, 0) is 35.9 Å². The third-order valence-corrected chi connectivity index (χ3v) is 2.82. The van der Waals surface area contributed by atoms with E-state index in [1.165, 1.54) is 0 Å². The van der Waals surface area contributed by atoms with Crippen molar-refractivity contribution in [2.24, 2.45) is 0 Å². The second-order valence-corrected chi connectivity index (χ2v) is 4.44. The number of aromatic hydroxyl groups is 1. The zero-order valence-electron chi connectivity index (χ0n) is 9.56. The van der Waals surface area contributed by atoms with E-state index in [2.05, 4.69) is 0 Å². The summed E-state index contributed by atoms with van der Waals surface area (Å²) in [5.41, 5.74) is 7.31. The molecule has 3 nitrogen and oxygen atoms in total. The van der Waals surface area contributed by atoms with Crippen molar-refractivity contribution in [3.63, 3.8) is 0 Å². The lowest BCUT2D eigenvalue weighted by Gasteiger charge is -2.05. The second-order valence-electron chi connectivity index (χ2n) is 4.00. The minimum absolute atomic E-state index is 0.102. The number of rotatable bonds is 3. The number of anilines is 1. The molecule has 2 rings (SSSR count). The quantitative estimate of drug-likeness (QED) is 0.659. The van der Waals surface area contributed by atoms with Gasteiger partial charge in [-0.2, -0.15) is 0 Å². The molecule has 0 aliphatic rings. The maximum Gasteiger partial charge on any atom is 0.169 e. The highest BCUT2D eigenvalue weighted by molar-refractivity contribution is 6.31. The molecular formula is C14H12ClNO2. The van der Waals surface area contributed by atoms with Crippen LogP contribution in [-0.4, -0.2) is 10.9 Å². The van der Waals surface area contributed by atoms with Crippen molar-refractivity contribution in [1.82, 2.24) is 0 Å². The Morgan fingerprint density at radius 1 is 1.22 bits per heavy atom. The van der Waals surface area contributed by atoms with Crippen molar-refractivity contribution in [2.45, 2.75) is 6.42 Å². The Morgan fingerprint density at radius 3 is 2.67 bits per heavy atom. The first kappa shape index (κ1) is 12.5. The van der Waals surface area contributed by atoms with Gasteiger partial charge in [-0.25, -0.2) is 0 Å². The van der Waals surface area contributed by atoms with Crippen LogP contribution in [0.5, 0.6) is 5.75 Å². The number of carbonyl (C=O) groups excluding carboxylic acids is 1. The smallest absolute Gasteiger partial charge is 0.169 e. The second kappa shape index (κ2) is 5.10. The van der Waals surface area contributed by atoms with Crippen LogP contribution in [0.25, 0.3) is 0 Å². The number of benzene rings is 2. The van der Waals surface area contributed by atoms with E-state index in [9.17, 15) is 9.90 Å². The monoisotopic (exact) mass is 261 g/mol. The summed E-state index contributed by atoms with van der Waals surface area (Å²) in [6.07, 6.45) is 0.195. The van der Waals surface area contributed by atoms with Gasteiger partial charge in [-0.3, -0.25) is 4.79 Å². The highest BCUT2D eigenvalue weighted by Gasteiger charge is 2.11. The molecule has 0 radical (unpaired) electrons. The van der Waals surface area contributed by atoms with Crippen molar-refractivity contribution >= 4 is 23.1 Å². The number of nitrogens with two attached hydrogens (primary N) is 1. The van der Waals surface area contributed by atoms with Crippen LogP contribution in [0.4, 0.5) is 5.69 Å². The topological polar surface area (TPSA) is 63.3 Å². The highest BCUT2D eigenvalue weighted by Crippen LogP contribution is 2.20. The van der Waals surface area contributed by atoms with Crippen LogP contribution in [0.3, 0.4) is 0 Å². The average molecular weight is 262 g/mol. The maximum atomic E-state index is 12.1. The summed E-state index contributed by atoms with van der Waals surface area (Å²) in [5, 5.41) is 9.84. The molecule has 0 aromatic heterocycles. The number of carbonyl (C=O) groups is 1. The first-order chi connectivity index (χ1) is 8.56. The summed E-state index contributed by atoms with van der Waals surface area (Å²) in [6, 6.07) is 11.4. The summed E-state index contributed by atoms with van der Waals surface area (Å²) in [4.78, 5) is 12.1. The Kier molecular flexibility index (Phi) is 3.53. The van der Waals surface area contributed by atoms with E-state index in [0.717, 1.165) is 5.56 Å². The van der Waals surface area contributed by atoms with E-state index in [4.69, 9.17) is 17.3 Å². The van der Waals surface area contributed by atoms with Crippen LogP contribution in [0.15, 0.2) is 42.5 Å². The first-order valence-electron chi connectivity index (χ1n) is 5.42. The molecule has 2 aromatic rings. The molecule has 0 spiro atoms. The minimum atomic E-state index is -0.102. The van der Waals surface area contributed by atoms with Crippen molar-refractivity contribution in [1.29, 1.82) is 0 Å². The largest absolute Gasteiger partial charge is 0.508 e. The molecule has 0 saturated carbocycles. The van der Waals surface area contributed by atoms with Crippen molar-refractivity contribution in [3.8, 4) is 5.75 Å². The van der Waals surface area contributed by atoms with E-state index in [1.807, 2.05) is 0 Å². The number of phenolic OH excluding ortho intramolecular Hbond substituents is 1. The van der Waals surface area contributed by atoms with E-state index in [0.29, 0.717) is 16.3 Å². The Bertz CT molecular complexity index is 596. The molecule has 0 atom stereocenters. The fourth-order valence-electron chi connectivity index (χ4n) is 1.73. The standard InChI is InChI=1S/C14H12ClNO2/c15-10-4-5-12(13(16)8-10)14(18)7-9-2-1-3-11(17)6-9/h1-6,8,17H,7,16H2. The third kappa shape index (κ3) is 2.81.